The van der Waals surface area contributed by atoms with Gasteiger partial charge in [-0.15, -0.1) is 0 Å². The van der Waals surface area contributed by atoms with Crippen molar-refractivity contribution in [3.63, 3.8) is 0 Å². The summed E-state index contributed by atoms with van der Waals surface area (Å²) in [7, 11) is 0. The van der Waals surface area contributed by atoms with Crippen LogP contribution in [-0.4, -0.2) is 36.7 Å². The maximum atomic E-state index is 11.9. The van der Waals surface area contributed by atoms with Gasteiger partial charge in [0.25, 0.3) is 5.56 Å². The number of ether oxygens (including phenoxy) is 1. The molecule has 0 saturated carbocycles. The Hall–Kier alpha value is -1.72. The summed E-state index contributed by atoms with van der Waals surface area (Å²) in [4.78, 5) is 16.9. The fourth-order valence-corrected chi connectivity index (χ4v) is 3.18. The Kier molecular flexibility index (Phi) is 3.57. The number of anilines is 1. The average Bonchev–Trinajstić information content (AvgIpc) is 2.95. The molecule has 22 heavy (non-hydrogen) atoms. The molecule has 1 aliphatic rings. The van der Waals surface area contributed by atoms with Gasteiger partial charge in [0.1, 0.15) is 6.10 Å². The van der Waals surface area contributed by atoms with E-state index in [0.29, 0.717) is 5.39 Å². The van der Waals surface area contributed by atoms with E-state index < -0.39 is 23.3 Å². The van der Waals surface area contributed by atoms with Crippen molar-refractivity contribution >= 4 is 40.2 Å². The maximum absolute atomic E-state index is 11.9. The van der Waals surface area contributed by atoms with Gasteiger partial charge in [0, 0.05) is 11.6 Å². The number of rotatable bonds is 1. The third kappa shape index (κ3) is 2.08. The van der Waals surface area contributed by atoms with Gasteiger partial charge in [-0.1, -0.05) is 17.5 Å². The van der Waals surface area contributed by atoms with E-state index in [1.165, 1.54) is 4.57 Å². The van der Waals surface area contributed by atoms with Crippen LogP contribution in [0.1, 0.15) is 13.2 Å². The van der Waals surface area contributed by atoms with E-state index in [9.17, 15) is 9.90 Å². The smallest absolute Gasteiger partial charge is 0.261 e. The van der Waals surface area contributed by atoms with Crippen LogP contribution in [-0.2, 0) is 4.74 Å². The van der Waals surface area contributed by atoms with Crippen LogP contribution >= 0.6 is 23.2 Å². The number of aromatic amines is 1. The summed E-state index contributed by atoms with van der Waals surface area (Å²) in [6, 6.07) is 1.56. The van der Waals surface area contributed by atoms with Crippen molar-refractivity contribution < 1.29 is 9.84 Å². The number of H-pyrrole nitrogens is 1. The molecule has 1 unspecified atom stereocenters. The molecule has 4 atom stereocenters. The minimum absolute atomic E-state index is 0.0346. The SMILES string of the molecule is CC1O[C@@H](n2ccc3c(=O)[nH]c(N)nc32)[C@@](Cl)(C#CCl)[C@H]1O. The van der Waals surface area contributed by atoms with E-state index in [-0.39, 0.29) is 17.2 Å². The molecule has 2 aromatic heterocycles. The number of nitrogens with one attached hydrogen (secondary N) is 1. The van der Waals surface area contributed by atoms with E-state index in [2.05, 4.69) is 21.3 Å². The Bertz CT molecular complexity index is 852. The number of aliphatic hydroxyl groups is 1. The minimum Gasteiger partial charge on any atom is -0.387 e. The molecule has 9 heteroatoms. The first kappa shape index (κ1) is 15.2. The second-order valence-electron chi connectivity index (χ2n) is 5.04. The molecular weight excluding hydrogens is 331 g/mol. The van der Waals surface area contributed by atoms with E-state index in [0.717, 1.165) is 0 Å². The highest BCUT2D eigenvalue weighted by Crippen LogP contribution is 2.44. The molecule has 2 aromatic rings. The Labute approximate surface area is 135 Å². The monoisotopic (exact) mass is 342 g/mol. The van der Waals surface area contributed by atoms with Crippen LogP contribution in [0.25, 0.3) is 11.0 Å². The number of nitrogens with two attached hydrogens (primary N) is 1. The Balaban J connectivity index is 2.22. The van der Waals surface area contributed by atoms with Gasteiger partial charge in [-0.25, -0.2) is 0 Å². The Morgan fingerprint density at radius 1 is 1.64 bits per heavy atom. The molecule has 1 fully saturated rings. The van der Waals surface area contributed by atoms with Crippen molar-refractivity contribution in [3.8, 4) is 11.3 Å². The molecule has 0 bridgehead atoms. The van der Waals surface area contributed by atoms with Crippen LogP contribution in [0.15, 0.2) is 17.1 Å². The summed E-state index contributed by atoms with van der Waals surface area (Å²) in [5.74, 6) is 2.54. The van der Waals surface area contributed by atoms with Crippen LogP contribution in [0.4, 0.5) is 5.95 Å². The van der Waals surface area contributed by atoms with Crippen LogP contribution in [0, 0.1) is 11.3 Å². The number of hydrogen-bond donors (Lipinski definition) is 3. The Morgan fingerprint density at radius 3 is 3.05 bits per heavy atom. The lowest BCUT2D eigenvalue weighted by atomic mass is 10.00. The van der Waals surface area contributed by atoms with Crippen molar-refractivity contribution in [2.75, 3.05) is 5.73 Å². The fraction of sp³-hybridized carbons (Fsp3) is 0.385. The van der Waals surface area contributed by atoms with E-state index in [4.69, 9.17) is 33.7 Å². The molecule has 116 valence electrons. The highest BCUT2D eigenvalue weighted by atomic mass is 35.5. The topological polar surface area (TPSA) is 106 Å². The number of nitrogen functional groups attached to an aromatic ring is 1. The van der Waals surface area contributed by atoms with Gasteiger partial charge in [0.05, 0.1) is 11.5 Å². The lowest BCUT2D eigenvalue weighted by Crippen LogP contribution is -2.39. The zero-order valence-electron chi connectivity index (χ0n) is 11.4. The lowest BCUT2D eigenvalue weighted by Gasteiger charge is -2.25. The third-order valence-electron chi connectivity index (χ3n) is 3.67. The number of halogens is 2. The largest absolute Gasteiger partial charge is 0.387 e. The summed E-state index contributed by atoms with van der Waals surface area (Å²) in [5, 5.41) is 12.8. The summed E-state index contributed by atoms with van der Waals surface area (Å²) in [6.45, 7) is 1.66. The molecule has 1 saturated heterocycles. The first-order chi connectivity index (χ1) is 10.4. The lowest BCUT2D eigenvalue weighted by molar-refractivity contribution is -0.00718. The molecule has 0 aromatic carbocycles. The van der Waals surface area contributed by atoms with Crippen molar-refractivity contribution in [1.82, 2.24) is 14.5 Å². The molecule has 3 rings (SSSR count). The van der Waals surface area contributed by atoms with Gasteiger partial charge < -0.3 is 20.1 Å². The van der Waals surface area contributed by atoms with Gasteiger partial charge in [0.2, 0.25) is 5.95 Å². The zero-order chi connectivity index (χ0) is 16.1. The maximum Gasteiger partial charge on any atom is 0.261 e. The van der Waals surface area contributed by atoms with Crippen LogP contribution in [0.2, 0.25) is 0 Å². The van der Waals surface area contributed by atoms with Crippen molar-refractivity contribution in [3.05, 3.63) is 22.6 Å². The third-order valence-corrected chi connectivity index (χ3v) is 4.27. The van der Waals surface area contributed by atoms with Crippen LogP contribution in [0.3, 0.4) is 0 Å². The van der Waals surface area contributed by atoms with E-state index in [1.807, 2.05) is 0 Å². The molecule has 0 amide bonds. The number of alkyl halides is 1. The molecule has 0 aliphatic carbocycles. The summed E-state index contributed by atoms with van der Waals surface area (Å²) in [6.07, 6.45) is -0.940. The van der Waals surface area contributed by atoms with E-state index in [1.54, 1.807) is 19.2 Å². The van der Waals surface area contributed by atoms with E-state index >= 15 is 0 Å². The van der Waals surface area contributed by atoms with Gasteiger partial charge >= 0.3 is 0 Å². The second-order valence-corrected chi connectivity index (χ2v) is 5.85. The summed E-state index contributed by atoms with van der Waals surface area (Å²) in [5.41, 5.74) is 5.49. The molecule has 0 spiro atoms. The zero-order valence-corrected chi connectivity index (χ0v) is 12.9. The average molecular weight is 343 g/mol. The molecule has 3 heterocycles. The predicted molar refractivity (Wildman–Crippen MR) is 82.6 cm³/mol. The number of hydrogen-bond acceptors (Lipinski definition) is 5. The quantitative estimate of drug-likeness (QED) is 0.524. The van der Waals surface area contributed by atoms with Crippen molar-refractivity contribution in [2.45, 2.75) is 30.2 Å². The second kappa shape index (κ2) is 5.18. The number of nitrogens with zero attached hydrogens (tertiary/aromatic N) is 2. The minimum atomic E-state index is -1.47. The highest BCUT2D eigenvalue weighted by Gasteiger charge is 2.54. The number of aliphatic hydroxyl groups excluding tert-OH is 1. The Morgan fingerprint density at radius 2 is 2.36 bits per heavy atom. The number of aromatic nitrogens is 3. The molecule has 7 nitrogen and oxygen atoms in total. The normalized spacial score (nSPS) is 31.2. The van der Waals surface area contributed by atoms with Gasteiger partial charge in [-0.3, -0.25) is 9.78 Å². The number of fused-ring (bicyclic) bond motifs is 1. The standard InChI is InChI=1S/C13H12Cl2N4O3/c1-6-8(20)13(15,3-4-14)11(22-6)19-5-2-7-9(19)17-12(16)18-10(7)21/h2,5-6,8,11,20H,1H3,(H3,16,17,18,21)/t6?,8-,11+,13+/m0/s1. The molecule has 0 radical (unpaired) electrons. The fourth-order valence-electron chi connectivity index (χ4n) is 2.59. The van der Waals surface area contributed by atoms with Crippen molar-refractivity contribution in [2.24, 2.45) is 0 Å². The predicted octanol–water partition coefficient (Wildman–Crippen LogP) is 0.762. The van der Waals surface area contributed by atoms with Gasteiger partial charge in [-0.2, -0.15) is 4.98 Å². The molecule has 1 aliphatic heterocycles. The van der Waals surface area contributed by atoms with Crippen LogP contribution < -0.4 is 11.3 Å². The van der Waals surface area contributed by atoms with Crippen molar-refractivity contribution in [1.29, 1.82) is 0 Å². The van der Waals surface area contributed by atoms with Gasteiger partial charge in [0.15, 0.2) is 16.7 Å². The van der Waals surface area contributed by atoms with Gasteiger partial charge in [-0.05, 0) is 24.6 Å². The first-order valence-corrected chi connectivity index (χ1v) is 7.15. The summed E-state index contributed by atoms with van der Waals surface area (Å²) >= 11 is 11.9. The highest BCUT2D eigenvalue weighted by molar-refractivity contribution is 6.32. The summed E-state index contributed by atoms with van der Waals surface area (Å²) < 4.78 is 7.22. The van der Waals surface area contributed by atoms with Crippen LogP contribution in [0.5, 0.6) is 0 Å². The first-order valence-electron chi connectivity index (χ1n) is 6.40. The molecular formula is C13H12Cl2N4O3. The molecule has 4 N–H and O–H groups in total.